The van der Waals surface area contributed by atoms with E-state index in [1.807, 2.05) is 35.2 Å². The minimum Gasteiger partial charge on any atom is -0.497 e. The lowest BCUT2D eigenvalue weighted by atomic mass is 9.67. The molecule has 0 radical (unpaired) electrons. The minimum absolute atomic E-state index is 0.363. The monoisotopic (exact) mass is 513 g/mol. The van der Waals surface area contributed by atoms with Gasteiger partial charge in [0.2, 0.25) is 5.91 Å². The molecule has 0 bridgehead atoms. The van der Waals surface area contributed by atoms with Crippen LogP contribution in [0.15, 0.2) is 79.0 Å². The molecule has 4 atom stereocenters. The van der Waals surface area contributed by atoms with Crippen LogP contribution in [0.1, 0.15) is 28.7 Å². The fraction of sp³-hybridized carbons (Fsp3) is 0.207. The average molecular weight is 514 g/mol. The van der Waals surface area contributed by atoms with Crippen molar-refractivity contribution in [1.82, 2.24) is 4.90 Å². The Kier molecular flexibility index (Phi) is 6.36. The first-order valence-corrected chi connectivity index (χ1v) is 12.1. The summed E-state index contributed by atoms with van der Waals surface area (Å²) < 4.78 is 10.6. The van der Waals surface area contributed by atoms with Crippen LogP contribution < -0.4 is 10.1 Å². The number of hydrogen-bond acceptors (Lipinski definition) is 6. The molecule has 8 heteroatoms. The first-order chi connectivity index (χ1) is 17.9. The Morgan fingerprint density at radius 1 is 1.03 bits per heavy atom. The number of esters is 1. The quantitative estimate of drug-likeness (QED) is 0.474. The van der Waals surface area contributed by atoms with Crippen molar-refractivity contribution in [3.8, 4) is 11.8 Å². The van der Waals surface area contributed by atoms with Crippen LogP contribution in [0.3, 0.4) is 0 Å². The first kappa shape index (κ1) is 24.4. The van der Waals surface area contributed by atoms with Crippen molar-refractivity contribution >= 4 is 35.2 Å². The average Bonchev–Trinajstić information content (AvgIpc) is 3.25. The van der Waals surface area contributed by atoms with E-state index >= 15 is 0 Å². The number of carbonyl (C=O) groups excluding carboxylic acids is 2. The number of nitrogens with one attached hydrogen (secondary N) is 1. The van der Waals surface area contributed by atoms with Gasteiger partial charge in [-0.15, -0.1) is 0 Å². The van der Waals surface area contributed by atoms with Gasteiger partial charge in [0.15, 0.2) is 5.41 Å². The molecule has 2 aliphatic heterocycles. The zero-order chi connectivity index (χ0) is 26.2. The molecule has 0 saturated carbocycles. The summed E-state index contributed by atoms with van der Waals surface area (Å²) in [6.07, 6.45) is 3.68. The predicted molar refractivity (Wildman–Crippen MR) is 140 cm³/mol. The third-order valence-electron chi connectivity index (χ3n) is 7.14. The van der Waals surface area contributed by atoms with E-state index in [1.165, 1.54) is 7.11 Å². The van der Waals surface area contributed by atoms with Gasteiger partial charge in [-0.25, -0.2) is 0 Å². The van der Waals surface area contributed by atoms with Crippen LogP contribution in [0.2, 0.25) is 5.02 Å². The summed E-state index contributed by atoms with van der Waals surface area (Å²) in [5.74, 6) is -1.30. The number of rotatable bonds is 5. The lowest BCUT2D eigenvalue weighted by molar-refractivity contribution is -0.151. The van der Waals surface area contributed by atoms with Crippen molar-refractivity contribution in [3.63, 3.8) is 0 Å². The second-order valence-electron chi connectivity index (χ2n) is 8.96. The number of ether oxygens (including phenoxy) is 2. The molecule has 3 aromatic rings. The molecule has 2 aliphatic rings. The number of methoxy groups -OCH3 is 2. The molecule has 1 fully saturated rings. The van der Waals surface area contributed by atoms with Gasteiger partial charge in [-0.1, -0.05) is 48.0 Å². The smallest absolute Gasteiger partial charge is 0.329 e. The number of hydrogen-bond donors (Lipinski definition) is 1. The maximum Gasteiger partial charge on any atom is 0.329 e. The Morgan fingerprint density at radius 2 is 1.73 bits per heavy atom. The highest BCUT2D eigenvalue weighted by molar-refractivity contribution is 6.30. The van der Waals surface area contributed by atoms with E-state index < -0.39 is 29.4 Å². The number of anilines is 1. The van der Waals surface area contributed by atoms with Crippen LogP contribution in [0.4, 0.5) is 5.69 Å². The summed E-state index contributed by atoms with van der Waals surface area (Å²) in [6.45, 7) is 0. The van der Waals surface area contributed by atoms with Crippen molar-refractivity contribution < 1.29 is 19.1 Å². The minimum atomic E-state index is -1.72. The molecule has 37 heavy (non-hydrogen) atoms. The van der Waals surface area contributed by atoms with E-state index in [0.29, 0.717) is 22.0 Å². The van der Waals surface area contributed by atoms with E-state index in [0.717, 1.165) is 11.1 Å². The molecule has 1 saturated heterocycles. The van der Waals surface area contributed by atoms with Gasteiger partial charge in [0.25, 0.3) is 0 Å². The third kappa shape index (κ3) is 3.90. The molecule has 186 valence electrons. The predicted octanol–water partition coefficient (Wildman–Crippen LogP) is 5.16. The highest BCUT2D eigenvalue weighted by Crippen LogP contribution is 2.60. The molecule has 7 nitrogen and oxygen atoms in total. The Balaban J connectivity index is 1.72. The molecule has 5 rings (SSSR count). The second kappa shape index (κ2) is 9.64. The summed E-state index contributed by atoms with van der Waals surface area (Å²) in [5.41, 5.74) is 1.13. The molecule has 0 aromatic heterocycles. The molecule has 3 aromatic carbocycles. The standard InChI is InChI=1S/C29H24ClN3O4/c1-36-22-13-7-19(8-14-22)24-25(27(34)32-21-11-9-20(30)10-12-21)33-16-15-18-5-3-4-6-23(18)26(33)29(24,17-31)28(35)37-2/h3-16,24-26H,1-2H3,(H,32,34)/t24-,25+,26+,29-/m1/s1. The molecule has 1 N–H and O–H groups in total. The molecule has 1 amide bonds. The summed E-state index contributed by atoms with van der Waals surface area (Å²) >= 11 is 6.02. The number of carbonyl (C=O) groups is 2. The fourth-order valence-electron chi connectivity index (χ4n) is 5.53. The van der Waals surface area contributed by atoms with E-state index in [1.54, 1.807) is 61.8 Å². The van der Waals surface area contributed by atoms with Gasteiger partial charge in [0, 0.05) is 22.8 Å². The Morgan fingerprint density at radius 3 is 2.38 bits per heavy atom. The summed E-state index contributed by atoms with van der Waals surface area (Å²) in [7, 11) is 2.82. The molecule has 0 aliphatic carbocycles. The molecule has 0 unspecified atom stereocenters. The van der Waals surface area contributed by atoms with E-state index in [-0.39, 0.29) is 5.91 Å². The van der Waals surface area contributed by atoms with Gasteiger partial charge >= 0.3 is 5.97 Å². The van der Waals surface area contributed by atoms with Crippen LogP contribution in [-0.4, -0.2) is 37.0 Å². The number of halogens is 1. The van der Waals surface area contributed by atoms with E-state index in [4.69, 9.17) is 21.1 Å². The number of benzene rings is 3. The van der Waals surface area contributed by atoms with Crippen molar-refractivity contribution in [3.05, 3.63) is 101 Å². The number of nitriles is 1. The third-order valence-corrected chi connectivity index (χ3v) is 7.39. The second-order valence-corrected chi connectivity index (χ2v) is 9.40. The molecular formula is C29H24ClN3O4. The van der Waals surface area contributed by atoms with Gasteiger partial charge in [-0.3, -0.25) is 9.59 Å². The number of nitrogens with zero attached hydrogens (tertiary/aromatic N) is 2. The first-order valence-electron chi connectivity index (χ1n) is 11.7. The maximum atomic E-state index is 14.0. The van der Waals surface area contributed by atoms with Gasteiger partial charge in [0.1, 0.15) is 11.8 Å². The van der Waals surface area contributed by atoms with Crippen molar-refractivity contribution in [2.24, 2.45) is 5.41 Å². The summed E-state index contributed by atoms with van der Waals surface area (Å²) in [6, 6.07) is 22.1. The zero-order valence-corrected chi connectivity index (χ0v) is 21.0. The van der Waals surface area contributed by atoms with E-state index in [9.17, 15) is 14.9 Å². The lowest BCUT2D eigenvalue weighted by Crippen LogP contribution is -2.42. The van der Waals surface area contributed by atoms with Gasteiger partial charge < -0.3 is 19.7 Å². The Bertz CT molecular complexity index is 1410. The van der Waals surface area contributed by atoms with Crippen molar-refractivity contribution in [2.75, 3.05) is 19.5 Å². The van der Waals surface area contributed by atoms with E-state index in [2.05, 4.69) is 11.4 Å². The highest BCUT2D eigenvalue weighted by atomic mass is 35.5. The van der Waals surface area contributed by atoms with Crippen LogP contribution in [0.5, 0.6) is 5.75 Å². The zero-order valence-electron chi connectivity index (χ0n) is 20.2. The van der Waals surface area contributed by atoms with Gasteiger partial charge in [0.05, 0.1) is 26.3 Å². The lowest BCUT2D eigenvalue weighted by Gasteiger charge is -2.35. The topological polar surface area (TPSA) is 91.7 Å². The van der Waals surface area contributed by atoms with Crippen LogP contribution >= 0.6 is 11.6 Å². The van der Waals surface area contributed by atoms with Gasteiger partial charge in [-0.2, -0.15) is 5.26 Å². The normalized spacial score (nSPS) is 23.4. The largest absolute Gasteiger partial charge is 0.497 e. The molecule has 2 heterocycles. The number of fused-ring (bicyclic) bond motifs is 3. The maximum absolute atomic E-state index is 14.0. The molecular weight excluding hydrogens is 490 g/mol. The Hall–Kier alpha value is -4.28. The van der Waals surface area contributed by atoms with Crippen molar-refractivity contribution in [2.45, 2.75) is 18.0 Å². The Labute approximate surface area is 219 Å². The fourth-order valence-corrected chi connectivity index (χ4v) is 5.65. The van der Waals surface area contributed by atoms with Crippen LogP contribution in [0.25, 0.3) is 6.08 Å². The van der Waals surface area contributed by atoms with Crippen molar-refractivity contribution in [1.29, 1.82) is 5.26 Å². The SMILES string of the molecule is COC(=O)[C@]1(C#N)[C@H](c2ccc(OC)cc2)[C@@H](C(=O)Nc2ccc(Cl)cc2)N2C=Cc3ccccc3[C@H]21. The van der Waals surface area contributed by atoms with Crippen LogP contribution in [-0.2, 0) is 14.3 Å². The summed E-state index contributed by atoms with van der Waals surface area (Å²) in [4.78, 5) is 29.4. The summed E-state index contributed by atoms with van der Waals surface area (Å²) in [5, 5.41) is 14.3. The van der Waals surface area contributed by atoms with Crippen LogP contribution in [0, 0.1) is 16.7 Å². The highest BCUT2D eigenvalue weighted by Gasteiger charge is 2.67. The number of amides is 1. The van der Waals surface area contributed by atoms with Gasteiger partial charge in [-0.05, 0) is 59.2 Å². The molecule has 0 spiro atoms.